The van der Waals surface area contributed by atoms with Gasteiger partial charge in [-0.25, -0.2) is 0 Å². The van der Waals surface area contributed by atoms with Crippen molar-refractivity contribution in [2.45, 2.75) is 32.6 Å². The standard InChI is InChI=1S/C14H16O6/c1-8-6-10(3-5-13(17)18)11(14(19)20)7-9(8)2-4-12(15)16/h6-7H,2-5H2,1H3,(H,15,16)(H,17,18)(H,19,20)/p-1. The monoisotopic (exact) mass is 279 g/mol. The molecule has 1 rings (SSSR count). The Bertz CT molecular complexity index is 547. The number of hydrogen-bond acceptors (Lipinski definition) is 4. The van der Waals surface area contributed by atoms with Crippen molar-refractivity contribution in [2.24, 2.45) is 0 Å². The van der Waals surface area contributed by atoms with Gasteiger partial charge in [-0.1, -0.05) is 6.07 Å². The molecule has 0 atom stereocenters. The molecule has 108 valence electrons. The van der Waals surface area contributed by atoms with Gasteiger partial charge in [0, 0.05) is 18.4 Å². The van der Waals surface area contributed by atoms with Crippen LogP contribution >= 0.6 is 0 Å². The maximum absolute atomic E-state index is 11.1. The smallest absolute Gasteiger partial charge is 0.303 e. The molecule has 0 unspecified atom stereocenters. The quantitative estimate of drug-likeness (QED) is 0.746. The topological polar surface area (TPSA) is 115 Å². The molecule has 1 aromatic rings. The summed E-state index contributed by atoms with van der Waals surface area (Å²) in [6, 6.07) is 2.97. The molecule has 1 aromatic carbocycles. The van der Waals surface area contributed by atoms with E-state index in [0.717, 1.165) is 5.56 Å². The molecule has 20 heavy (non-hydrogen) atoms. The summed E-state index contributed by atoms with van der Waals surface area (Å²) in [6.45, 7) is 1.74. The van der Waals surface area contributed by atoms with Crippen molar-refractivity contribution in [1.82, 2.24) is 0 Å². The van der Waals surface area contributed by atoms with Gasteiger partial charge >= 0.3 is 11.9 Å². The van der Waals surface area contributed by atoms with E-state index in [9.17, 15) is 19.5 Å². The minimum absolute atomic E-state index is 0.0720. The summed E-state index contributed by atoms with van der Waals surface area (Å²) in [4.78, 5) is 32.2. The van der Waals surface area contributed by atoms with Crippen LogP contribution in [0, 0.1) is 6.92 Å². The molecule has 0 spiro atoms. The number of carboxylic acid groups (broad SMARTS) is 3. The van der Waals surface area contributed by atoms with Crippen LogP contribution in [-0.2, 0) is 22.4 Å². The number of carbonyl (C=O) groups excluding carboxylic acids is 1. The fourth-order valence-electron chi connectivity index (χ4n) is 1.96. The second-order valence-electron chi connectivity index (χ2n) is 4.51. The van der Waals surface area contributed by atoms with E-state index in [-0.39, 0.29) is 31.2 Å². The number of rotatable bonds is 7. The number of aliphatic carboxylic acids is 2. The van der Waals surface area contributed by atoms with E-state index >= 15 is 0 Å². The van der Waals surface area contributed by atoms with E-state index in [0.29, 0.717) is 11.1 Å². The van der Waals surface area contributed by atoms with Crippen molar-refractivity contribution in [3.63, 3.8) is 0 Å². The summed E-state index contributed by atoms with van der Waals surface area (Å²) in [5, 5.41) is 28.4. The Kier molecular flexibility index (Phi) is 5.25. The molecule has 6 heteroatoms. The minimum Gasteiger partial charge on any atom is -0.545 e. The molecule has 6 nitrogen and oxygen atoms in total. The lowest BCUT2D eigenvalue weighted by Crippen LogP contribution is -2.24. The Morgan fingerprint density at radius 3 is 1.95 bits per heavy atom. The Morgan fingerprint density at radius 1 is 1.00 bits per heavy atom. The van der Waals surface area contributed by atoms with Crippen LogP contribution in [0.4, 0.5) is 0 Å². The molecular weight excluding hydrogens is 264 g/mol. The number of aromatic carboxylic acids is 1. The molecule has 0 aromatic heterocycles. The Balaban J connectivity index is 3.07. The van der Waals surface area contributed by atoms with Crippen molar-refractivity contribution in [1.29, 1.82) is 0 Å². The highest BCUT2D eigenvalue weighted by atomic mass is 16.4. The van der Waals surface area contributed by atoms with Gasteiger partial charge in [-0.2, -0.15) is 0 Å². The highest BCUT2D eigenvalue weighted by molar-refractivity contribution is 5.88. The van der Waals surface area contributed by atoms with Gasteiger partial charge in [-0.15, -0.1) is 0 Å². The van der Waals surface area contributed by atoms with E-state index in [1.54, 1.807) is 13.0 Å². The van der Waals surface area contributed by atoms with Gasteiger partial charge in [0.25, 0.3) is 0 Å². The third-order valence-electron chi connectivity index (χ3n) is 3.00. The molecule has 0 saturated heterocycles. The van der Waals surface area contributed by atoms with Crippen LogP contribution in [0.25, 0.3) is 0 Å². The van der Waals surface area contributed by atoms with Gasteiger partial charge in [0.05, 0.1) is 5.97 Å². The van der Waals surface area contributed by atoms with Crippen LogP contribution in [-0.4, -0.2) is 28.1 Å². The van der Waals surface area contributed by atoms with Gasteiger partial charge in [-0.05, 0) is 42.5 Å². The number of carboxylic acids is 3. The fraction of sp³-hybridized carbons (Fsp3) is 0.357. The maximum Gasteiger partial charge on any atom is 0.303 e. The van der Waals surface area contributed by atoms with Crippen LogP contribution in [0.15, 0.2) is 12.1 Å². The lowest BCUT2D eigenvalue weighted by Gasteiger charge is -2.14. The van der Waals surface area contributed by atoms with E-state index in [2.05, 4.69) is 0 Å². The van der Waals surface area contributed by atoms with E-state index in [1.165, 1.54) is 6.07 Å². The van der Waals surface area contributed by atoms with Crippen LogP contribution in [0.5, 0.6) is 0 Å². The van der Waals surface area contributed by atoms with Crippen LogP contribution in [0.2, 0.25) is 0 Å². The van der Waals surface area contributed by atoms with Gasteiger partial charge in [0.2, 0.25) is 0 Å². The summed E-state index contributed by atoms with van der Waals surface area (Å²) < 4.78 is 0. The van der Waals surface area contributed by atoms with Gasteiger partial charge in [0.15, 0.2) is 0 Å². The highest BCUT2D eigenvalue weighted by Crippen LogP contribution is 2.19. The number of carbonyl (C=O) groups is 3. The van der Waals surface area contributed by atoms with Gasteiger partial charge in [-0.3, -0.25) is 9.59 Å². The molecule has 0 radical (unpaired) electrons. The van der Waals surface area contributed by atoms with Crippen molar-refractivity contribution in [3.8, 4) is 0 Å². The maximum atomic E-state index is 11.1. The summed E-state index contributed by atoms with van der Waals surface area (Å²) >= 11 is 0. The zero-order valence-corrected chi connectivity index (χ0v) is 11.0. The zero-order valence-electron chi connectivity index (χ0n) is 11.0. The lowest BCUT2D eigenvalue weighted by molar-refractivity contribution is -0.255. The Hall–Kier alpha value is -2.37. The number of aryl methyl sites for hydroxylation is 3. The largest absolute Gasteiger partial charge is 0.545 e. The van der Waals surface area contributed by atoms with Crippen molar-refractivity contribution in [2.75, 3.05) is 0 Å². The molecular formula is C14H15O6-. The molecule has 0 amide bonds. The molecule has 0 bridgehead atoms. The van der Waals surface area contributed by atoms with E-state index < -0.39 is 17.9 Å². The molecule has 0 heterocycles. The van der Waals surface area contributed by atoms with E-state index in [4.69, 9.17) is 10.2 Å². The molecule has 0 saturated carbocycles. The average Bonchev–Trinajstić information content (AvgIpc) is 2.34. The first-order valence-electron chi connectivity index (χ1n) is 6.08. The number of hydrogen-bond donors (Lipinski definition) is 2. The number of benzene rings is 1. The molecule has 0 fully saturated rings. The Labute approximate surface area is 115 Å². The summed E-state index contributed by atoms with van der Waals surface area (Å²) in [5.41, 5.74) is 1.68. The minimum atomic E-state index is -1.39. The van der Waals surface area contributed by atoms with Gasteiger partial charge < -0.3 is 20.1 Å². The van der Waals surface area contributed by atoms with Crippen LogP contribution in [0.3, 0.4) is 0 Å². The molecule has 2 N–H and O–H groups in total. The highest BCUT2D eigenvalue weighted by Gasteiger charge is 2.11. The molecule has 0 aliphatic carbocycles. The van der Waals surface area contributed by atoms with Crippen LogP contribution < -0.4 is 5.11 Å². The predicted molar refractivity (Wildman–Crippen MR) is 67.4 cm³/mol. The predicted octanol–water partition coefficient (Wildman–Crippen LogP) is 0.393. The van der Waals surface area contributed by atoms with E-state index in [1.807, 2.05) is 0 Å². The molecule has 0 aliphatic heterocycles. The van der Waals surface area contributed by atoms with Crippen molar-refractivity contribution < 1.29 is 29.7 Å². The Morgan fingerprint density at radius 2 is 1.50 bits per heavy atom. The first kappa shape index (κ1) is 15.7. The van der Waals surface area contributed by atoms with Crippen LogP contribution in [0.1, 0.15) is 39.9 Å². The third-order valence-corrected chi connectivity index (χ3v) is 3.00. The van der Waals surface area contributed by atoms with Gasteiger partial charge in [0.1, 0.15) is 0 Å². The first-order chi connectivity index (χ1) is 9.31. The first-order valence-corrected chi connectivity index (χ1v) is 6.08. The summed E-state index contributed by atoms with van der Waals surface area (Å²) in [7, 11) is 0. The molecule has 0 aliphatic rings. The second-order valence-corrected chi connectivity index (χ2v) is 4.51. The fourth-order valence-corrected chi connectivity index (χ4v) is 1.96. The summed E-state index contributed by atoms with van der Waals surface area (Å²) in [5.74, 6) is -3.36. The van der Waals surface area contributed by atoms with Crippen molar-refractivity contribution in [3.05, 3.63) is 34.4 Å². The second kappa shape index (κ2) is 6.70. The zero-order chi connectivity index (χ0) is 15.3. The SMILES string of the molecule is Cc1cc(CCC(=O)O)c(C(=O)[O-])cc1CCC(=O)O. The summed E-state index contributed by atoms with van der Waals surface area (Å²) in [6.07, 6.45) is 0.0509. The van der Waals surface area contributed by atoms with Crippen molar-refractivity contribution >= 4 is 17.9 Å². The average molecular weight is 279 g/mol. The lowest BCUT2D eigenvalue weighted by atomic mass is 9.94. The third kappa shape index (κ3) is 4.38. The normalized spacial score (nSPS) is 10.2.